The fourth-order valence-corrected chi connectivity index (χ4v) is 3.55. The van der Waals surface area contributed by atoms with Gasteiger partial charge in [-0.25, -0.2) is 4.39 Å². The van der Waals surface area contributed by atoms with Crippen LogP contribution in [0.1, 0.15) is 25.1 Å². The van der Waals surface area contributed by atoms with E-state index in [2.05, 4.69) is 10.2 Å². The topological polar surface area (TPSA) is 60.2 Å². The van der Waals surface area contributed by atoms with Crippen LogP contribution in [0.25, 0.3) is 5.69 Å². The van der Waals surface area contributed by atoms with Crippen LogP contribution in [-0.2, 0) is 6.61 Å². The van der Waals surface area contributed by atoms with Crippen molar-refractivity contribution < 1.29 is 14.2 Å². The number of ether oxygens (including phenoxy) is 1. The van der Waals surface area contributed by atoms with Crippen LogP contribution in [0.15, 0.2) is 59.8 Å². The van der Waals surface area contributed by atoms with Crippen molar-refractivity contribution in [3.63, 3.8) is 0 Å². The van der Waals surface area contributed by atoms with Gasteiger partial charge < -0.3 is 9.84 Å². The van der Waals surface area contributed by atoms with Crippen LogP contribution >= 0.6 is 11.8 Å². The van der Waals surface area contributed by atoms with Crippen molar-refractivity contribution in [1.82, 2.24) is 14.8 Å². The monoisotopic (exact) mass is 387 g/mol. The molecule has 0 saturated heterocycles. The quantitative estimate of drug-likeness (QED) is 0.416. The van der Waals surface area contributed by atoms with Crippen molar-refractivity contribution in [2.24, 2.45) is 0 Å². The van der Waals surface area contributed by atoms with E-state index in [9.17, 15) is 4.39 Å². The average molecular weight is 387 g/mol. The Morgan fingerprint density at radius 1 is 0.963 bits per heavy atom. The number of halogens is 1. The summed E-state index contributed by atoms with van der Waals surface area (Å²) in [5.74, 6) is 1.29. The molecule has 5 nitrogen and oxygen atoms in total. The maximum absolute atomic E-state index is 13.8. The van der Waals surface area contributed by atoms with Gasteiger partial charge in [0.15, 0.2) is 22.5 Å². The van der Waals surface area contributed by atoms with Crippen LogP contribution in [0.5, 0.6) is 5.75 Å². The van der Waals surface area contributed by atoms with Crippen LogP contribution in [0, 0.1) is 5.82 Å². The Bertz CT molecular complexity index is 842. The van der Waals surface area contributed by atoms with E-state index in [-0.39, 0.29) is 19.0 Å². The lowest BCUT2D eigenvalue weighted by Crippen LogP contribution is -2.07. The molecule has 2 aromatic carbocycles. The van der Waals surface area contributed by atoms with Gasteiger partial charge >= 0.3 is 0 Å². The Morgan fingerprint density at radius 3 is 2.52 bits per heavy atom. The number of aliphatic hydroxyl groups excluding tert-OH is 1. The fraction of sp³-hybridized carbons (Fsp3) is 0.300. The molecule has 7 heteroatoms. The SMILES string of the molecule is OCCCCCSc1nnc(COc2ccccc2F)n1-c1ccccc1. The molecular formula is C20H22FN3O2S. The minimum atomic E-state index is -0.401. The summed E-state index contributed by atoms with van der Waals surface area (Å²) in [5, 5.41) is 18.2. The van der Waals surface area contributed by atoms with E-state index in [0.717, 1.165) is 35.9 Å². The maximum atomic E-state index is 13.8. The summed E-state index contributed by atoms with van der Waals surface area (Å²) >= 11 is 1.62. The number of rotatable bonds is 10. The summed E-state index contributed by atoms with van der Waals surface area (Å²) in [6.45, 7) is 0.344. The van der Waals surface area contributed by atoms with Crippen LogP contribution in [0.3, 0.4) is 0 Å². The first-order valence-corrected chi connectivity index (χ1v) is 9.89. The van der Waals surface area contributed by atoms with E-state index in [1.807, 2.05) is 34.9 Å². The predicted molar refractivity (Wildman–Crippen MR) is 104 cm³/mol. The summed E-state index contributed by atoms with van der Waals surface area (Å²) in [5.41, 5.74) is 0.937. The number of benzene rings is 2. The first-order chi connectivity index (χ1) is 13.3. The van der Waals surface area contributed by atoms with Crippen LogP contribution in [-0.4, -0.2) is 32.2 Å². The molecule has 142 valence electrons. The highest BCUT2D eigenvalue weighted by molar-refractivity contribution is 7.99. The van der Waals surface area contributed by atoms with E-state index in [1.165, 1.54) is 6.07 Å². The number of thioether (sulfide) groups is 1. The van der Waals surface area contributed by atoms with Gasteiger partial charge in [-0.3, -0.25) is 4.57 Å². The van der Waals surface area contributed by atoms with Gasteiger partial charge in [0.25, 0.3) is 0 Å². The second-order valence-electron chi connectivity index (χ2n) is 5.92. The summed E-state index contributed by atoms with van der Waals surface area (Å²) in [6.07, 6.45) is 2.79. The Labute approximate surface area is 162 Å². The summed E-state index contributed by atoms with van der Waals surface area (Å²) in [6, 6.07) is 16.1. The lowest BCUT2D eigenvalue weighted by molar-refractivity contribution is 0.278. The number of unbranched alkanes of at least 4 members (excludes halogenated alkanes) is 2. The van der Waals surface area contributed by atoms with Gasteiger partial charge in [-0.2, -0.15) is 0 Å². The summed E-state index contributed by atoms with van der Waals surface area (Å²) < 4.78 is 21.4. The Kier molecular flexibility index (Phi) is 7.24. The van der Waals surface area contributed by atoms with Crippen molar-refractivity contribution in [2.45, 2.75) is 31.0 Å². The molecule has 3 rings (SSSR count). The third kappa shape index (κ3) is 5.30. The fourth-order valence-electron chi connectivity index (χ4n) is 2.58. The van der Waals surface area contributed by atoms with Gasteiger partial charge in [0.05, 0.1) is 0 Å². The molecule has 0 amide bonds. The molecule has 0 radical (unpaired) electrons. The van der Waals surface area contributed by atoms with Crippen molar-refractivity contribution >= 4 is 11.8 Å². The van der Waals surface area contributed by atoms with E-state index < -0.39 is 5.82 Å². The minimum Gasteiger partial charge on any atom is -0.483 e. The maximum Gasteiger partial charge on any atom is 0.195 e. The van der Waals surface area contributed by atoms with Gasteiger partial charge in [0.1, 0.15) is 6.61 Å². The molecule has 0 aliphatic rings. The number of hydrogen-bond acceptors (Lipinski definition) is 5. The largest absolute Gasteiger partial charge is 0.483 e. The number of hydrogen-bond donors (Lipinski definition) is 1. The summed E-state index contributed by atoms with van der Waals surface area (Å²) in [7, 11) is 0. The van der Waals surface area contributed by atoms with Crippen LogP contribution in [0.2, 0.25) is 0 Å². The van der Waals surface area contributed by atoms with E-state index in [0.29, 0.717) is 5.82 Å². The predicted octanol–water partition coefficient (Wildman–Crippen LogP) is 4.24. The molecular weight excluding hydrogens is 365 g/mol. The standard InChI is InChI=1S/C20H22FN3O2S/c21-17-11-5-6-12-18(17)26-15-19-22-23-20(27-14-8-2-7-13-25)24(19)16-9-3-1-4-10-16/h1,3-6,9-12,25H,2,7-8,13-15H2. The van der Waals surface area contributed by atoms with Gasteiger partial charge in [-0.05, 0) is 37.1 Å². The third-order valence-electron chi connectivity index (χ3n) is 3.94. The molecule has 0 aliphatic carbocycles. The van der Waals surface area contributed by atoms with Gasteiger partial charge in [-0.15, -0.1) is 10.2 Å². The first kappa shape index (κ1) is 19.4. The normalized spacial score (nSPS) is 10.9. The molecule has 27 heavy (non-hydrogen) atoms. The summed E-state index contributed by atoms with van der Waals surface area (Å²) in [4.78, 5) is 0. The lowest BCUT2D eigenvalue weighted by Gasteiger charge is -2.11. The molecule has 0 atom stereocenters. The molecule has 0 bridgehead atoms. The third-order valence-corrected chi connectivity index (χ3v) is 4.96. The van der Waals surface area contributed by atoms with E-state index >= 15 is 0 Å². The lowest BCUT2D eigenvalue weighted by atomic mass is 10.3. The van der Waals surface area contributed by atoms with E-state index in [4.69, 9.17) is 9.84 Å². The Morgan fingerprint density at radius 2 is 1.74 bits per heavy atom. The highest BCUT2D eigenvalue weighted by Gasteiger charge is 2.15. The first-order valence-electron chi connectivity index (χ1n) is 8.90. The molecule has 3 aromatic rings. The molecule has 0 spiro atoms. The van der Waals surface area contributed by atoms with Gasteiger partial charge in [0, 0.05) is 18.0 Å². The van der Waals surface area contributed by atoms with E-state index in [1.54, 1.807) is 30.0 Å². The van der Waals surface area contributed by atoms with Crippen LogP contribution < -0.4 is 4.74 Å². The molecule has 0 fully saturated rings. The van der Waals surface area contributed by atoms with Gasteiger partial charge in [-0.1, -0.05) is 48.5 Å². The van der Waals surface area contributed by atoms with Crippen LogP contribution in [0.4, 0.5) is 4.39 Å². The molecule has 0 aliphatic heterocycles. The molecule has 1 heterocycles. The number of para-hydroxylation sites is 2. The zero-order chi connectivity index (χ0) is 18.9. The van der Waals surface area contributed by atoms with Crippen molar-refractivity contribution in [3.05, 3.63) is 66.2 Å². The second-order valence-corrected chi connectivity index (χ2v) is 6.98. The van der Waals surface area contributed by atoms with Crippen molar-refractivity contribution in [1.29, 1.82) is 0 Å². The molecule has 0 saturated carbocycles. The minimum absolute atomic E-state index is 0.119. The van der Waals surface area contributed by atoms with Crippen molar-refractivity contribution in [3.8, 4) is 11.4 Å². The highest BCUT2D eigenvalue weighted by atomic mass is 32.2. The number of aromatic nitrogens is 3. The molecule has 0 unspecified atom stereocenters. The molecule has 1 aromatic heterocycles. The number of aliphatic hydroxyl groups is 1. The van der Waals surface area contributed by atoms with Gasteiger partial charge in [0.2, 0.25) is 0 Å². The second kappa shape index (κ2) is 10.1. The molecule has 1 N–H and O–H groups in total. The zero-order valence-electron chi connectivity index (χ0n) is 14.9. The van der Waals surface area contributed by atoms with Crippen molar-refractivity contribution in [2.75, 3.05) is 12.4 Å². The Hall–Kier alpha value is -2.38. The Balaban J connectivity index is 1.76. The number of nitrogens with zero attached hydrogens (tertiary/aromatic N) is 3. The zero-order valence-corrected chi connectivity index (χ0v) is 15.7. The highest BCUT2D eigenvalue weighted by Crippen LogP contribution is 2.24. The smallest absolute Gasteiger partial charge is 0.195 e. The average Bonchev–Trinajstić information content (AvgIpc) is 3.10.